The SMILES string of the molecule is O=C(Cc1ccccc1)Nc1nnc(CSc2ccccc2)o1. The van der Waals surface area contributed by atoms with Crippen LogP contribution in [0.2, 0.25) is 0 Å². The lowest BCUT2D eigenvalue weighted by atomic mass is 10.1. The number of nitrogens with zero attached hydrogens (tertiary/aromatic N) is 2. The van der Waals surface area contributed by atoms with Gasteiger partial charge in [-0.05, 0) is 17.7 Å². The van der Waals surface area contributed by atoms with Gasteiger partial charge in [0.05, 0.1) is 12.2 Å². The molecule has 2 aromatic carbocycles. The first-order valence-corrected chi connectivity index (χ1v) is 8.12. The van der Waals surface area contributed by atoms with Crippen LogP contribution in [0.5, 0.6) is 0 Å². The number of nitrogens with one attached hydrogen (secondary N) is 1. The minimum Gasteiger partial charge on any atom is -0.407 e. The summed E-state index contributed by atoms with van der Waals surface area (Å²) < 4.78 is 5.44. The molecule has 0 atom stereocenters. The van der Waals surface area contributed by atoms with Crippen LogP contribution in [-0.4, -0.2) is 16.1 Å². The molecule has 0 aliphatic rings. The molecule has 0 saturated carbocycles. The van der Waals surface area contributed by atoms with E-state index in [2.05, 4.69) is 15.5 Å². The summed E-state index contributed by atoms with van der Waals surface area (Å²) >= 11 is 1.60. The third-order valence-corrected chi connectivity index (χ3v) is 4.02. The van der Waals surface area contributed by atoms with Gasteiger partial charge >= 0.3 is 6.01 Å². The Bertz CT molecular complexity index is 760. The zero-order valence-electron chi connectivity index (χ0n) is 12.3. The van der Waals surface area contributed by atoms with Gasteiger partial charge in [0.1, 0.15) is 0 Å². The number of carbonyl (C=O) groups is 1. The van der Waals surface area contributed by atoms with Crippen LogP contribution in [0.3, 0.4) is 0 Å². The van der Waals surface area contributed by atoms with Gasteiger partial charge in [0.25, 0.3) is 0 Å². The summed E-state index contributed by atoms with van der Waals surface area (Å²) in [6.45, 7) is 0. The molecule has 0 fully saturated rings. The van der Waals surface area contributed by atoms with Crippen molar-refractivity contribution in [3.63, 3.8) is 0 Å². The third kappa shape index (κ3) is 4.69. The maximum Gasteiger partial charge on any atom is 0.322 e. The molecule has 0 bridgehead atoms. The number of rotatable bonds is 6. The van der Waals surface area contributed by atoms with Crippen molar-refractivity contribution in [2.24, 2.45) is 0 Å². The van der Waals surface area contributed by atoms with E-state index >= 15 is 0 Å². The molecule has 3 aromatic rings. The van der Waals surface area contributed by atoms with Gasteiger partial charge in [-0.3, -0.25) is 10.1 Å². The van der Waals surface area contributed by atoms with Gasteiger partial charge in [-0.15, -0.1) is 16.9 Å². The molecule has 0 saturated heterocycles. The average molecular weight is 325 g/mol. The quantitative estimate of drug-likeness (QED) is 0.702. The molecule has 116 valence electrons. The van der Waals surface area contributed by atoms with Crippen LogP contribution in [0.4, 0.5) is 6.01 Å². The molecular weight excluding hydrogens is 310 g/mol. The Morgan fingerprint density at radius 2 is 1.70 bits per heavy atom. The number of anilines is 1. The van der Waals surface area contributed by atoms with Gasteiger partial charge in [-0.25, -0.2) is 0 Å². The molecule has 0 aliphatic heterocycles. The molecule has 5 nitrogen and oxygen atoms in total. The molecule has 1 N–H and O–H groups in total. The summed E-state index contributed by atoms with van der Waals surface area (Å²) in [6, 6.07) is 19.6. The van der Waals surface area contributed by atoms with Gasteiger partial charge in [0.2, 0.25) is 11.8 Å². The molecule has 6 heteroatoms. The summed E-state index contributed by atoms with van der Waals surface area (Å²) in [6.07, 6.45) is 0.275. The molecule has 0 radical (unpaired) electrons. The van der Waals surface area contributed by atoms with E-state index < -0.39 is 0 Å². The fourth-order valence-electron chi connectivity index (χ4n) is 1.97. The van der Waals surface area contributed by atoms with Gasteiger partial charge in [-0.2, -0.15) is 0 Å². The molecular formula is C17H15N3O2S. The zero-order chi connectivity index (χ0) is 15.9. The Kier molecular flexibility index (Phi) is 5.06. The fourth-order valence-corrected chi connectivity index (χ4v) is 2.73. The minimum absolute atomic E-state index is 0.134. The molecule has 3 rings (SSSR count). The van der Waals surface area contributed by atoms with Gasteiger partial charge < -0.3 is 4.42 Å². The number of hydrogen-bond acceptors (Lipinski definition) is 5. The van der Waals surface area contributed by atoms with Crippen LogP contribution in [-0.2, 0) is 17.0 Å². The molecule has 0 spiro atoms. The lowest BCUT2D eigenvalue weighted by Crippen LogP contribution is -2.14. The second kappa shape index (κ2) is 7.60. The average Bonchev–Trinajstić information content (AvgIpc) is 3.02. The Morgan fingerprint density at radius 3 is 2.43 bits per heavy atom. The maximum atomic E-state index is 11.9. The maximum absolute atomic E-state index is 11.9. The van der Waals surface area contributed by atoms with Crippen molar-refractivity contribution in [2.75, 3.05) is 5.32 Å². The Labute approximate surface area is 138 Å². The summed E-state index contributed by atoms with van der Waals surface area (Å²) in [5, 5.41) is 10.4. The summed E-state index contributed by atoms with van der Waals surface area (Å²) in [5.74, 6) is 0.863. The highest BCUT2D eigenvalue weighted by atomic mass is 32.2. The topological polar surface area (TPSA) is 68.0 Å². The molecule has 1 aromatic heterocycles. The monoisotopic (exact) mass is 325 g/mol. The van der Waals surface area contributed by atoms with Gasteiger partial charge in [0.15, 0.2) is 0 Å². The van der Waals surface area contributed by atoms with Gasteiger partial charge in [-0.1, -0.05) is 53.6 Å². The van der Waals surface area contributed by atoms with Crippen molar-refractivity contribution in [3.8, 4) is 0 Å². The van der Waals surface area contributed by atoms with Crippen LogP contribution in [0, 0.1) is 0 Å². The van der Waals surface area contributed by atoms with Crippen molar-refractivity contribution in [2.45, 2.75) is 17.1 Å². The van der Waals surface area contributed by atoms with Crippen LogP contribution >= 0.6 is 11.8 Å². The van der Waals surface area contributed by atoms with Crippen LogP contribution in [0.1, 0.15) is 11.5 Å². The van der Waals surface area contributed by atoms with Crippen LogP contribution in [0.15, 0.2) is 70.0 Å². The molecule has 1 amide bonds. The fraction of sp³-hybridized carbons (Fsp3) is 0.118. The first-order chi connectivity index (χ1) is 11.3. The number of aromatic nitrogens is 2. The van der Waals surface area contributed by atoms with Crippen molar-refractivity contribution in [1.82, 2.24) is 10.2 Å². The molecule has 0 aliphatic carbocycles. The lowest BCUT2D eigenvalue weighted by Gasteiger charge is -2.00. The summed E-state index contributed by atoms with van der Waals surface area (Å²) in [4.78, 5) is 13.1. The minimum atomic E-state index is -0.179. The summed E-state index contributed by atoms with van der Waals surface area (Å²) in [5.41, 5.74) is 0.935. The number of thioether (sulfide) groups is 1. The predicted octanol–water partition coefficient (Wildman–Crippen LogP) is 3.54. The number of amides is 1. The van der Waals surface area contributed by atoms with E-state index in [1.54, 1.807) is 11.8 Å². The largest absolute Gasteiger partial charge is 0.407 e. The second-order valence-corrected chi connectivity index (χ2v) is 5.86. The third-order valence-electron chi connectivity index (χ3n) is 3.03. The lowest BCUT2D eigenvalue weighted by molar-refractivity contribution is -0.115. The van der Waals surface area contributed by atoms with Crippen molar-refractivity contribution in [3.05, 3.63) is 72.1 Å². The Morgan fingerprint density at radius 1 is 1.00 bits per heavy atom. The molecule has 23 heavy (non-hydrogen) atoms. The smallest absolute Gasteiger partial charge is 0.322 e. The number of carbonyl (C=O) groups excluding carboxylic acids is 1. The highest BCUT2D eigenvalue weighted by molar-refractivity contribution is 7.98. The first kappa shape index (κ1) is 15.3. The van der Waals surface area contributed by atoms with Crippen LogP contribution in [0.25, 0.3) is 0 Å². The van der Waals surface area contributed by atoms with E-state index in [-0.39, 0.29) is 18.3 Å². The van der Waals surface area contributed by atoms with Crippen molar-refractivity contribution < 1.29 is 9.21 Å². The summed E-state index contributed by atoms with van der Waals surface area (Å²) in [7, 11) is 0. The zero-order valence-corrected chi connectivity index (χ0v) is 13.1. The predicted molar refractivity (Wildman–Crippen MR) is 89.1 cm³/mol. The van der Waals surface area contributed by atoms with Crippen LogP contribution < -0.4 is 5.32 Å². The number of hydrogen-bond donors (Lipinski definition) is 1. The molecule has 1 heterocycles. The number of benzene rings is 2. The van der Waals surface area contributed by atoms with Crippen molar-refractivity contribution >= 4 is 23.7 Å². The van der Waals surface area contributed by atoms with E-state index in [1.807, 2.05) is 60.7 Å². The Hall–Kier alpha value is -2.60. The highest BCUT2D eigenvalue weighted by Crippen LogP contribution is 2.22. The van der Waals surface area contributed by atoms with E-state index in [0.29, 0.717) is 11.6 Å². The molecule has 0 unspecified atom stereocenters. The highest BCUT2D eigenvalue weighted by Gasteiger charge is 2.10. The van der Waals surface area contributed by atoms with Crippen molar-refractivity contribution in [1.29, 1.82) is 0 Å². The van der Waals surface area contributed by atoms with E-state index in [9.17, 15) is 4.79 Å². The standard InChI is InChI=1S/C17H15N3O2S/c21-15(11-13-7-3-1-4-8-13)18-17-20-19-16(22-17)12-23-14-9-5-2-6-10-14/h1-10H,11-12H2,(H,18,20,21). The Balaban J connectivity index is 1.52. The normalized spacial score (nSPS) is 10.4. The second-order valence-electron chi connectivity index (χ2n) is 4.81. The van der Waals surface area contributed by atoms with Gasteiger partial charge in [0, 0.05) is 4.90 Å². The van der Waals surface area contributed by atoms with E-state index in [0.717, 1.165) is 10.5 Å². The van der Waals surface area contributed by atoms with E-state index in [1.165, 1.54) is 0 Å². The van der Waals surface area contributed by atoms with E-state index in [4.69, 9.17) is 4.42 Å². The first-order valence-electron chi connectivity index (χ1n) is 7.13.